The number of hydrazine groups is 1. The number of carbonyl (C=O) groups is 1. The Balaban J connectivity index is 1.90. The van der Waals surface area contributed by atoms with Crippen LogP contribution in [0.1, 0.15) is 36.4 Å². The zero-order chi connectivity index (χ0) is 17.2. The first kappa shape index (κ1) is 16.4. The Morgan fingerprint density at radius 3 is 2.50 bits per heavy atom. The topological polar surface area (TPSA) is 32.3 Å². The van der Waals surface area contributed by atoms with E-state index in [-0.39, 0.29) is 5.91 Å². The van der Waals surface area contributed by atoms with Crippen molar-refractivity contribution in [2.75, 3.05) is 5.43 Å². The molecule has 1 fully saturated rings. The molecule has 1 amide bonds. The predicted octanol–water partition coefficient (Wildman–Crippen LogP) is 4.79. The third-order valence-electron chi connectivity index (χ3n) is 4.07. The van der Waals surface area contributed by atoms with E-state index < -0.39 is 17.8 Å². The highest BCUT2D eigenvalue weighted by Crippen LogP contribution is 2.35. The largest absolute Gasteiger partial charge is 0.416 e. The van der Waals surface area contributed by atoms with E-state index >= 15 is 0 Å². The van der Waals surface area contributed by atoms with Crippen LogP contribution in [0.15, 0.2) is 54.6 Å². The molecule has 0 radical (unpaired) electrons. The smallest absolute Gasteiger partial charge is 0.295 e. The van der Waals surface area contributed by atoms with Crippen molar-refractivity contribution in [3.8, 4) is 0 Å². The molecule has 6 heteroatoms. The molecule has 24 heavy (non-hydrogen) atoms. The zero-order valence-corrected chi connectivity index (χ0v) is 12.9. The molecule has 1 aliphatic rings. The van der Waals surface area contributed by atoms with E-state index in [4.69, 9.17) is 0 Å². The highest BCUT2D eigenvalue weighted by molar-refractivity contribution is 5.79. The van der Waals surface area contributed by atoms with Crippen LogP contribution >= 0.6 is 0 Å². The van der Waals surface area contributed by atoms with Gasteiger partial charge in [-0.3, -0.25) is 10.2 Å². The van der Waals surface area contributed by atoms with Gasteiger partial charge in [-0.2, -0.15) is 13.2 Å². The summed E-state index contributed by atoms with van der Waals surface area (Å²) in [6.07, 6.45) is -2.73. The van der Waals surface area contributed by atoms with Crippen LogP contribution in [-0.2, 0) is 11.0 Å². The molecular formula is C18H17F3N2O. The number of halogens is 3. The Hall–Kier alpha value is -2.50. The predicted molar refractivity (Wildman–Crippen MR) is 84.9 cm³/mol. The lowest BCUT2D eigenvalue weighted by molar-refractivity contribution is -0.137. The van der Waals surface area contributed by atoms with E-state index in [0.717, 1.165) is 17.8 Å². The van der Waals surface area contributed by atoms with Crippen LogP contribution in [0.4, 0.5) is 18.9 Å². The maximum Gasteiger partial charge on any atom is 0.416 e. The van der Waals surface area contributed by atoms with Crippen molar-refractivity contribution in [2.45, 2.75) is 31.5 Å². The third kappa shape index (κ3) is 3.53. The minimum atomic E-state index is -4.40. The average Bonchev–Trinajstić information content (AvgIpc) is 2.57. The molecule has 2 aromatic rings. The number of amides is 1. The molecule has 0 spiro atoms. The molecule has 3 rings (SSSR count). The van der Waals surface area contributed by atoms with Gasteiger partial charge < -0.3 is 0 Å². The number of anilines is 1. The lowest BCUT2D eigenvalue weighted by atomic mass is 9.95. The summed E-state index contributed by atoms with van der Waals surface area (Å²) in [5, 5.41) is 1.45. The normalized spacial score (nSPS) is 18.5. The first-order valence-electron chi connectivity index (χ1n) is 7.76. The van der Waals surface area contributed by atoms with Gasteiger partial charge in [0.05, 0.1) is 17.3 Å². The summed E-state index contributed by atoms with van der Waals surface area (Å²) in [5.41, 5.74) is 3.56. The van der Waals surface area contributed by atoms with Crippen LogP contribution in [0.2, 0.25) is 0 Å². The minimum absolute atomic E-state index is 0.118. The molecule has 0 bridgehead atoms. The second-order valence-corrected chi connectivity index (χ2v) is 5.77. The summed E-state index contributed by atoms with van der Waals surface area (Å²) >= 11 is 0. The van der Waals surface area contributed by atoms with Crippen LogP contribution < -0.4 is 5.43 Å². The molecule has 1 N–H and O–H groups in total. The fourth-order valence-corrected chi connectivity index (χ4v) is 2.90. The van der Waals surface area contributed by atoms with Crippen LogP contribution in [0.5, 0.6) is 0 Å². The van der Waals surface area contributed by atoms with Gasteiger partial charge >= 0.3 is 6.18 Å². The van der Waals surface area contributed by atoms with E-state index in [1.807, 2.05) is 30.3 Å². The number of para-hydroxylation sites is 1. The fourth-order valence-electron chi connectivity index (χ4n) is 2.90. The molecule has 126 valence electrons. The number of alkyl halides is 3. The van der Waals surface area contributed by atoms with Crippen LogP contribution in [0, 0.1) is 0 Å². The van der Waals surface area contributed by atoms with Crippen LogP contribution in [0.3, 0.4) is 0 Å². The first-order valence-corrected chi connectivity index (χ1v) is 7.76. The van der Waals surface area contributed by atoms with Gasteiger partial charge in [-0.1, -0.05) is 30.3 Å². The van der Waals surface area contributed by atoms with E-state index in [1.165, 1.54) is 11.1 Å². The number of rotatable bonds is 3. The summed E-state index contributed by atoms with van der Waals surface area (Å²) < 4.78 is 38.9. The molecule has 1 saturated heterocycles. The molecule has 3 nitrogen and oxygen atoms in total. The molecule has 1 heterocycles. The van der Waals surface area contributed by atoms with Crippen molar-refractivity contribution in [3.63, 3.8) is 0 Å². The summed E-state index contributed by atoms with van der Waals surface area (Å²) in [7, 11) is 0. The van der Waals surface area contributed by atoms with E-state index in [1.54, 1.807) is 6.07 Å². The van der Waals surface area contributed by atoms with Gasteiger partial charge in [0, 0.05) is 6.42 Å². The standard InChI is InChI=1S/C18H17F3N2O/c19-18(20,21)14-7-4-6-13(12-14)16-10-5-11-17(24)23(16)22-15-8-2-1-3-9-15/h1-4,6-9,12,16,22H,5,10-11H2. The van der Waals surface area contributed by atoms with Gasteiger partial charge in [-0.15, -0.1) is 0 Å². The molecule has 1 aliphatic heterocycles. The van der Waals surface area contributed by atoms with Gasteiger partial charge in [0.25, 0.3) is 0 Å². The number of benzene rings is 2. The maximum absolute atomic E-state index is 13.0. The van der Waals surface area contributed by atoms with Crippen LogP contribution in [-0.4, -0.2) is 10.9 Å². The summed E-state index contributed by atoms with van der Waals surface area (Å²) in [6, 6.07) is 13.9. The zero-order valence-electron chi connectivity index (χ0n) is 12.9. The monoisotopic (exact) mass is 334 g/mol. The second-order valence-electron chi connectivity index (χ2n) is 5.77. The molecule has 1 unspecified atom stereocenters. The molecule has 1 atom stereocenters. The van der Waals surface area contributed by atoms with Gasteiger partial charge in [-0.25, -0.2) is 5.01 Å². The summed E-state index contributed by atoms with van der Waals surface area (Å²) in [5.74, 6) is -0.118. The van der Waals surface area contributed by atoms with Crippen molar-refractivity contribution in [3.05, 3.63) is 65.7 Å². The fraction of sp³-hybridized carbons (Fsp3) is 0.278. The lowest BCUT2D eigenvalue weighted by Gasteiger charge is -2.36. The number of piperidine rings is 1. The second kappa shape index (κ2) is 6.55. The Morgan fingerprint density at radius 2 is 1.79 bits per heavy atom. The number of carbonyl (C=O) groups excluding carboxylic acids is 1. The van der Waals surface area contributed by atoms with E-state index in [9.17, 15) is 18.0 Å². The Labute approximate surface area is 138 Å². The van der Waals surface area contributed by atoms with Crippen molar-refractivity contribution >= 4 is 11.6 Å². The Kier molecular flexibility index (Phi) is 4.46. The SMILES string of the molecule is O=C1CCCC(c2cccc(C(F)(F)F)c2)N1Nc1ccccc1. The quantitative estimate of drug-likeness (QED) is 0.875. The number of nitrogens with one attached hydrogen (secondary N) is 1. The van der Waals surface area contributed by atoms with E-state index in [0.29, 0.717) is 24.8 Å². The van der Waals surface area contributed by atoms with Crippen molar-refractivity contribution in [1.82, 2.24) is 5.01 Å². The number of nitrogens with zero attached hydrogens (tertiary/aromatic N) is 1. The van der Waals surface area contributed by atoms with Gasteiger partial charge in [0.2, 0.25) is 5.91 Å². The molecular weight excluding hydrogens is 317 g/mol. The highest BCUT2D eigenvalue weighted by Gasteiger charge is 2.34. The first-order chi connectivity index (χ1) is 11.4. The van der Waals surface area contributed by atoms with Crippen molar-refractivity contribution in [2.24, 2.45) is 0 Å². The van der Waals surface area contributed by atoms with Gasteiger partial charge in [0.15, 0.2) is 0 Å². The van der Waals surface area contributed by atoms with Crippen molar-refractivity contribution < 1.29 is 18.0 Å². The molecule has 0 aromatic heterocycles. The van der Waals surface area contributed by atoms with Crippen molar-refractivity contribution in [1.29, 1.82) is 0 Å². The third-order valence-corrected chi connectivity index (χ3v) is 4.07. The molecule has 2 aromatic carbocycles. The molecule has 0 saturated carbocycles. The molecule has 0 aliphatic carbocycles. The Morgan fingerprint density at radius 1 is 1.04 bits per heavy atom. The van der Waals surface area contributed by atoms with Crippen LogP contribution in [0.25, 0.3) is 0 Å². The van der Waals surface area contributed by atoms with Gasteiger partial charge in [-0.05, 0) is 42.7 Å². The highest BCUT2D eigenvalue weighted by atomic mass is 19.4. The number of hydrogen-bond donors (Lipinski definition) is 1. The van der Waals surface area contributed by atoms with E-state index in [2.05, 4.69) is 5.43 Å². The number of hydrogen-bond acceptors (Lipinski definition) is 2. The van der Waals surface area contributed by atoms with Gasteiger partial charge in [0.1, 0.15) is 0 Å². The lowest BCUT2D eigenvalue weighted by Crippen LogP contribution is -2.42. The maximum atomic E-state index is 13.0. The Bertz CT molecular complexity index is 716. The average molecular weight is 334 g/mol. The summed E-state index contributed by atoms with van der Waals surface area (Å²) in [4.78, 5) is 12.3. The minimum Gasteiger partial charge on any atom is -0.295 e. The summed E-state index contributed by atoms with van der Waals surface area (Å²) in [6.45, 7) is 0.